The number of nitrogens with zero attached hydrogens (tertiary/aromatic N) is 2. The number of fused-ring (bicyclic) bond motifs is 5. The first-order valence-corrected chi connectivity index (χ1v) is 9.92. The van der Waals surface area contributed by atoms with Gasteiger partial charge in [-0.25, -0.2) is 4.98 Å². The van der Waals surface area contributed by atoms with E-state index in [1.165, 1.54) is 37.0 Å². The smallest absolute Gasteiger partial charge is 0.136 e. The van der Waals surface area contributed by atoms with Crippen LogP contribution in [0.1, 0.15) is 58.8 Å². The Morgan fingerprint density at radius 1 is 1.12 bits per heavy atom. The molecule has 0 amide bonds. The maximum Gasteiger partial charge on any atom is 0.136 e. The zero-order valence-electron chi connectivity index (χ0n) is 15.4. The zero-order chi connectivity index (χ0) is 17.2. The Hall–Kier alpha value is -1.64. The van der Waals surface area contributed by atoms with E-state index in [4.69, 9.17) is 0 Å². The maximum absolute atomic E-state index is 12.0. The summed E-state index contributed by atoms with van der Waals surface area (Å²) in [7, 11) is 0. The Labute approximate surface area is 150 Å². The van der Waals surface area contributed by atoms with Crippen molar-refractivity contribution in [1.29, 1.82) is 0 Å². The molecule has 5 rings (SSSR count). The van der Waals surface area contributed by atoms with Gasteiger partial charge in [-0.05, 0) is 55.3 Å². The van der Waals surface area contributed by atoms with Crippen molar-refractivity contribution in [2.45, 2.75) is 58.8 Å². The average Bonchev–Trinajstić information content (AvgIpc) is 3.22. The molecule has 25 heavy (non-hydrogen) atoms. The van der Waals surface area contributed by atoms with E-state index in [0.29, 0.717) is 5.78 Å². The lowest BCUT2D eigenvalue weighted by Crippen LogP contribution is -2.49. The minimum Gasteiger partial charge on any atom is -0.310 e. The molecule has 2 saturated carbocycles. The third-order valence-electron chi connectivity index (χ3n) is 8.26. The quantitative estimate of drug-likeness (QED) is 0.686. The van der Waals surface area contributed by atoms with Gasteiger partial charge >= 0.3 is 0 Å². The summed E-state index contributed by atoms with van der Waals surface area (Å²) in [4.78, 5) is 16.2. The first-order valence-electron chi connectivity index (χ1n) is 9.92. The Morgan fingerprint density at radius 3 is 2.80 bits per heavy atom. The lowest BCUT2D eigenvalue weighted by molar-refractivity contribution is -0.122. The van der Waals surface area contributed by atoms with E-state index in [-0.39, 0.29) is 10.8 Å². The molecule has 3 nitrogen and oxygen atoms in total. The summed E-state index contributed by atoms with van der Waals surface area (Å²) in [5.41, 5.74) is 3.48. The van der Waals surface area contributed by atoms with Crippen molar-refractivity contribution in [3.63, 3.8) is 0 Å². The molecule has 0 bridgehead atoms. The number of carbonyl (C=O) groups is 1. The summed E-state index contributed by atoms with van der Waals surface area (Å²) in [5.74, 6) is 2.70. The summed E-state index contributed by atoms with van der Waals surface area (Å²) < 4.78 is 2.24. The van der Waals surface area contributed by atoms with E-state index in [2.05, 4.69) is 41.7 Å². The Bertz CT molecular complexity index is 774. The normalized spacial score (nSPS) is 43.0. The minimum absolute atomic E-state index is 0.272. The van der Waals surface area contributed by atoms with Gasteiger partial charge in [0.2, 0.25) is 0 Å². The molecule has 0 unspecified atom stereocenters. The molecule has 4 aliphatic rings. The van der Waals surface area contributed by atoms with Gasteiger partial charge in [0.15, 0.2) is 0 Å². The molecule has 0 radical (unpaired) electrons. The number of rotatable bonds is 1. The largest absolute Gasteiger partial charge is 0.310 e. The van der Waals surface area contributed by atoms with E-state index in [1.54, 1.807) is 0 Å². The predicted octanol–water partition coefficient (Wildman–Crippen LogP) is 4.87. The van der Waals surface area contributed by atoms with Crippen LogP contribution < -0.4 is 0 Å². The van der Waals surface area contributed by atoms with Crippen molar-refractivity contribution in [1.82, 2.24) is 9.55 Å². The highest BCUT2D eigenvalue weighted by Crippen LogP contribution is 2.65. The van der Waals surface area contributed by atoms with Crippen LogP contribution in [0.2, 0.25) is 0 Å². The van der Waals surface area contributed by atoms with Gasteiger partial charge < -0.3 is 4.57 Å². The lowest BCUT2D eigenvalue weighted by Gasteiger charge is -2.57. The molecule has 4 aliphatic carbocycles. The van der Waals surface area contributed by atoms with Crippen LogP contribution in [0.25, 0.3) is 5.70 Å². The highest BCUT2D eigenvalue weighted by atomic mass is 16.1. The van der Waals surface area contributed by atoms with E-state index in [0.717, 1.165) is 37.0 Å². The third kappa shape index (κ3) is 2.04. The fraction of sp³-hybridized carbons (Fsp3) is 0.636. The maximum atomic E-state index is 12.0. The second kappa shape index (κ2) is 5.18. The number of allylic oxidation sites excluding steroid dienone is 4. The third-order valence-corrected chi connectivity index (χ3v) is 8.26. The molecule has 1 aromatic heterocycles. The van der Waals surface area contributed by atoms with Gasteiger partial charge in [-0.1, -0.05) is 31.6 Å². The van der Waals surface area contributed by atoms with Gasteiger partial charge in [0, 0.05) is 36.3 Å². The van der Waals surface area contributed by atoms with Crippen LogP contribution in [0.15, 0.2) is 36.4 Å². The lowest BCUT2D eigenvalue weighted by atomic mass is 9.48. The molecule has 5 atom stereocenters. The molecule has 0 N–H and O–H groups in total. The summed E-state index contributed by atoms with van der Waals surface area (Å²) in [6.45, 7) is 4.95. The monoisotopic (exact) mass is 336 g/mol. The van der Waals surface area contributed by atoms with Crippen LogP contribution in [-0.2, 0) is 4.79 Å². The molecule has 2 fully saturated rings. The van der Waals surface area contributed by atoms with Crippen LogP contribution in [0.3, 0.4) is 0 Å². The van der Waals surface area contributed by atoms with E-state index < -0.39 is 0 Å². The van der Waals surface area contributed by atoms with Crippen molar-refractivity contribution in [2.75, 3.05) is 0 Å². The Morgan fingerprint density at radius 2 is 2.00 bits per heavy atom. The fourth-order valence-corrected chi connectivity index (χ4v) is 6.82. The van der Waals surface area contributed by atoms with Crippen molar-refractivity contribution >= 4 is 11.5 Å². The average molecular weight is 336 g/mol. The van der Waals surface area contributed by atoms with E-state index in [9.17, 15) is 4.79 Å². The fourth-order valence-electron chi connectivity index (χ4n) is 6.82. The van der Waals surface area contributed by atoms with Crippen LogP contribution in [0.5, 0.6) is 0 Å². The summed E-state index contributed by atoms with van der Waals surface area (Å²) in [6, 6.07) is 0. The number of ketones is 1. The summed E-state index contributed by atoms with van der Waals surface area (Å²) in [6.07, 6.45) is 18.4. The highest BCUT2D eigenvalue weighted by molar-refractivity contribution is 5.82. The van der Waals surface area contributed by atoms with Crippen molar-refractivity contribution in [2.24, 2.45) is 28.6 Å². The second-order valence-corrected chi connectivity index (χ2v) is 9.23. The van der Waals surface area contributed by atoms with Gasteiger partial charge in [-0.3, -0.25) is 4.79 Å². The van der Waals surface area contributed by atoms with Crippen LogP contribution in [-0.4, -0.2) is 15.3 Å². The molecule has 1 heterocycles. The van der Waals surface area contributed by atoms with Crippen molar-refractivity contribution < 1.29 is 4.79 Å². The van der Waals surface area contributed by atoms with Gasteiger partial charge in [0.25, 0.3) is 0 Å². The topological polar surface area (TPSA) is 34.9 Å². The number of hydrogen-bond donors (Lipinski definition) is 0. The van der Waals surface area contributed by atoms with Gasteiger partial charge in [-0.15, -0.1) is 0 Å². The summed E-state index contributed by atoms with van der Waals surface area (Å²) >= 11 is 0. The van der Waals surface area contributed by atoms with Gasteiger partial charge in [-0.2, -0.15) is 0 Å². The molecule has 3 heteroatoms. The highest BCUT2D eigenvalue weighted by Gasteiger charge is 2.56. The molecule has 0 aromatic carbocycles. The van der Waals surface area contributed by atoms with Gasteiger partial charge in [0.1, 0.15) is 5.78 Å². The minimum atomic E-state index is 0.272. The number of imidazole rings is 1. The summed E-state index contributed by atoms with van der Waals surface area (Å²) in [5, 5.41) is 0. The first-order chi connectivity index (χ1) is 12.0. The molecule has 132 valence electrons. The van der Waals surface area contributed by atoms with E-state index in [1.807, 2.05) is 12.5 Å². The van der Waals surface area contributed by atoms with Crippen LogP contribution >= 0.6 is 0 Å². The van der Waals surface area contributed by atoms with Crippen LogP contribution in [0.4, 0.5) is 0 Å². The molecule has 0 saturated heterocycles. The van der Waals surface area contributed by atoms with Gasteiger partial charge in [0.05, 0.1) is 6.33 Å². The van der Waals surface area contributed by atoms with Crippen LogP contribution in [0, 0.1) is 28.6 Å². The Balaban J connectivity index is 1.49. The number of carbonyl (C=O) groups excluding carboxylic acids is 1. The number of Topliss-reactive ketones (excluding diaryl/α,β-unsaturated/α-hetero) is 1. The molecule has 0 aliphatic heterocycles. The SMILES string of the molecule is C[C@]12CCC(=O)CC1=CC[C@@H]1[C@@H]2CC[C@]2(C)C(n3ccnc3)=CC[C@@H]12. The van der Waals surface area contributed by atoms with E-state index >= 15 is 0 Å². The number of hydrogen-bond acceptors (Lipinski definition) is 2. The first kappa shape index (κ1) is 15.6. The van der Waals surface area contributed by atoms with Crippen molar-refractivity contribution in [3.8, 4) is 0 Å². The molecule has 0 spiro atoms. The molecular weight excluding hydrogens is 308 g/mol. The second-order valence-electron chi connectivity index (χ2n) is 9.23. The standard InChI is InChI=1S/C22H28N2O/c1-21-9-7-16(25)13-15(21)3-4-17-18-5-6-20(24-12-11-23-14-24)22(18,2)10-8-19(17)21/h3,6,11-12,14,17-19H,4-5,7-10,13H2,1-2H3/t17-,18-,19-,21-,22-/m0/s1. The van der Waals surface area contributed by atoms with Crippen molar-refractivity contribution in [3.05, 3.63) is 36.4 Å². The zero-order valence-corrected chi connectivity index (χ0v) is 15.4. The molecular formula is C22H28N2O. The number of aromatic nitrogens is 2. The predicted molar refractivity (Wildman–Crippen MR) is 98.6 cm³/mol. The molecule has 1 aromatic rings. The Kier molecular flexibility index (Phi) is 3.24.